The quantitative estimate of drug-likeness (QED) is 0.874. The van der Waals surface area contributed by atoms with Crippen LogP contribution in [0.3, 0.4) is 0 Å². The minimum Gasteiger partial charge on any atom is -0.507 e. The molecule has 0 saturated heterocycles. The fourth-order valence-electron chi connectivity index (χ4n) is 1.88. The zero-order chi connectivity index (χ0) is 11.0. The molecule has 16 heavy (non-hydrogen) atoms. The molecule has 2 nitrogen and oxygen atoms in total. The maximum Gasteiger partial charge on any atom is 0.123 e. The number of aryl methyl sites for hydroxylation is 1. The summed E-state index contributed by atoms with van der Waals surface area (Å²) in [4.78, 5) is 0. The number of hydrogen-bond donors (Lipinski definition) is 2. The van der Waals surface area contributed by atoms with Crippen molar-refractivity contribution in [2.45, 2.75) is 32.2 Å². The Bertz CT molecular complexity index is 378. The van der Waals surface area contributed by atoms with Crippen LogP contribution in [0.5, 0.6) is 5.75 Å². The van der Waals surface area contributed by atoms with Gasteiger partial charge in [0.1, 0.15) is 5.75 Å². The summed E-state index contributed by atoms with van der Waals surface area (Å²) in [6, 6.07) is 3.44. The highest BCUT2D eigenvalue weighted by Gasteiger charge is 2.26. The van der Waals surface area contributed by atoms with Crippen LogP contribution in [0.4, 0.5) is 0 Å². The summed E-state index contributed by atoms with van der Waals surface area (Å²) in [6.07, 6.45) is 3.50. The summed E-state index contributed by atoms with van der Waals surface area (Å²) < 4.78 is 0. The third-order valence-corrected chi connectivity index (χ3v) is 3.20. The molecule has 1 aliphatic carbocycles. The Labute approximate surface area is 107 Å². The molecule has 1 aromatic carbocycles. The molecule has 1 atom stereocenters. The molecule has 1 aliphatic rings. The van der Waals surface area contributed by atoms with E-state index in [1.54, 1.807) is 12.1 Å². The Morgan fingerprint density at radius 3 is 2.69 bits per heavy atom. The standard InChI is InChI=1S/C12H16ClNO.ClH/c1-7-4-9(13)6-10(12(7)15)11(14)5-8-2-3-8;/h4,6,8,11,15H,2-3,5,14H2,1H3;1H/t11-;/m0./s1. The van der Waals surface area contributed by atoms with Crippen molar-refractivity contribution in [2.75, 3.05) is 0 Å². The van der Waals surface area contributed by atoms with Crippen molar-refractivity contribution in [2.24, 2.45) is 11.7 Å². The van der Waals surface area contributed by atoms with E-state index in [4.69, 9.17) is 17.3 Å². The number of rotatable bonds is 3. The molecule has 0 amide bonds. The van der Waals surface area contributed by atoms with E-state index in [0.29, 0.717) is 10.8 Å². The van der Waals surface area contributed by atoms with Gasteiger partial charge in [0, 0.05) is 16.6 Å². The molecule has 0 aliphatic heterocycles. The van der Waals surface area contributed by atoms with Crippen LogP contribution < -0.4 is 5.73 Å². The predicted octanol–water partition coefficient (Wildman–Crippen LogP) is 3.58. The van der Waals surface area contributed by atoms with Gasteiger partial charge in [0.15, 0.2) is 0 Å². The molecular formula is C12H17Cl2NO. The lowest BCUT2D eigenvalue weighted by atomic mass is 9.99. The third kappa shape index (κ3) is 3.03. The number of benzene rings is 1. The SMILES string of the molecule is Cc1cc(Cl)cc([C@@H](N)CC2CC2)c1O.Cl. The molecule has 3 N–H and O–H groups in total. The van der Waals surface area contributed by atoms with Crippen LogP contribution in [0.1, 0.15) is 36.4 Å². The van der Waals surface area contributed by atoms with Crippen molar-refractivity contribution < 1.29 is 5.11 Å². The largest absolute Gasteiger partial charge is 0.507 e. The topological polar surface area (TPSA) is 46.2 Å². The Morgan fingerprint density at radius 1 is 1.50 bits per heavy atom. The lowest BCUT2D eigenvalue weighted by molar-refractivity contribution is 0.451. The second-order valence-corrected chi connectivity index (χ2v) is 4.88. The first kappa shape index (κ1) is 13.6. The van der Waals surface area contributed by atoms with Crippen molar-refractivity contribution in [1.82, 2.24) is 0 Å². The summed E-state index contributed by atoms with van der Waals surface area (Å²) in [6.45, 7) is 1.84. The van der Waals surface area contributed by atoms with Gasteiger partial charge in [-0.15, -0.1) is 12.4 Å². The van der Waals surface area contributed by atoms with Crippen LogP contribution in [-0.2, 0) is 0 Å². The van der Waals surface area contributed by atoms with Crippen LogP contribution in [0.25, 0.3) is 0 Å². The van der Waals surface area contributed by atoms with E-state index < -0.39 is 0 Å². The molecule has 0 radical (unpaired) electrons. The Balaban J connectivity index is 0.00000128. The van der Waals surface area contributed by atoms with Gasteiger partial charge in [0.2, 0.25) is 0 Å². The second kappa shape index (κ2) is 5.26. The van der Waals surface area contributed by atoms with Gasteiger partial charge < -0.3 is 10.8 Å². The number of halogens is 2. The summed E-state index contributed by atoms with van der Waals surface area (Å²) in [7, 11) is 0. The van der Waals surface area contributed by atoms with E-state index >= 15 is 0 Å². The molecule has 1 aromatic rings. The van der Waals surface area contributed by atoms with Crippen molar-refractivity contribution in [1.29, 1.82) is 0 Å². The monoisotopic (exact) mass is 261 g/mol. The van der Waals surface area contributed by atoms with Gasteiger partial charge in [-0.2, -0.15) is 0 Å². The average Bonchev–Trinajstić information content (AvgIpc) is 2.94. The Morgan fingerprint density at radius 2 is 2.12 bits per heavy atom. The molecule has 4 heteroatoms. The zero-order valence-electron chi connectivity index (χ0n) is 9.24. The van der Waals surface area contributed by atoms with Crippen molar-refractivity contribution in [3.05, 3.63) is 28.3 Å². The van der Waals surface area contributed by atoms with E-state index in [9.17, 15) is 5.11 Å². The third-order valence-electron chi connectivity index (χ3n) is 2.98. The number of nitrogens with two attached hydrogens (primary N) is 1. The minimum atomic E-state index is -0.0881. The minimum absolute atomic E-state index is 0. The molecule has 0 aromatic heterocycles. The van der Waals surface area contributed by atoms with E-state index in [1.807, 2.05) is 6.92 Å². The van der Waals surface area contributed by atoms with Crippen LogP contribution >= 0.6 is 24.0 Å². The number of aromatic hydroxyl groups is 1. The van der Waals surface area contributed by atoms with Gasteiger partial charge in [-0.05, 0) is 37.0 Å². The van der Waals surface area contributed by atoms with Gasteiger partial charge in [-0.25, -0.2) is 0 Å². The highest BCUT2D eigenvalue weighted by molar-refractivity contribution is 6.30. The van der Waals surface area contributed by atoms with Crippen LogP contribution in [-0.4, -0.2) is 5.11 Å². The predicted molar refractivity (Wildman–Crippen MR) is 69.4 cm³/mol. The molecule has 0 spiro atoms. The first-order valence-corrected chi connectivity index (χ1v) is 5.70. The summed E-state index contributed by atoms with van der Waals surface area (Å²) in [5, 5.41) is 10.5. The van der Waals surface area contributed by atoms with Crippen molar-refractivity contribution in [3.63, 3.8) is 0 Å². The number of phenolic OH excluding ortho intramolecular Hbond substituents is 1. The molecule has 0 bridgehead atoms. The summed E-state index contributed by atoms with van der Waals surface area (Å²) in [5.74, 6) is 1.05. The van der Waals surface area contributed by atoms with E-state index in [-0.39, 0.29) is 18.4 Å². The fourth-order valence-corrected chi connectivity index (χ4v) is 2.16. The fraction of sp³-hybridized carbons (Fsp3) is 0.500. The average molecular weight is 262 g/mol. The van der Waals surface area contributed by atoms with Crippen LogP contribution in [0.15, 0.2) is 12.1 Å². The molecule has 0 heterocycles. The number of phenols is 1. The van der Waals surface area contributed by atoms with Crippen molar-refractivity contribution >= 4 is 24.0 Å². The van der Waals surface area contributed by atoms with E-state index in [1.165, 1.54) is 12.8 Å². The highest BCUT2D eigenvalue weighted by Crippen LogP contribution is 2.39. The van der Waals surface area contributed by atoms with E-state index in [2.05, 4.69) is 0 Å². The molecule has 2 rings (SSSR count). The Kier molecular flexibility index (Phi) is 4.48. The van der Waals surface area contributed by atoms with Gasteiger partial charge >= 0.3 is 0 Å². The summed E-state index contributed by atoms with van der Waals surface area (Å²) >= 11 is 5.95. The van der Waals surface area contributed by atoms with Crippen LogP contribution in [0, 0.1) is 12.8 Å². The molecule has 1 saturated carbocycles. The molecule has 90 valence electrons. The Hall–Kier alpha value is -0.440. The van der Waals surface area contributed by atoms with Crippen LogP contribution in [0.2, 0.25) is 5.02 Å². The van der Waals surface area contributed by atoms with Gasteiger partial charge in [0.25, 0.3) is 0 Å². The molecular weight excluding hydrogens is 245 g/mol. The lowest BCUT2D eigenvalue weighted by Gasteiger charge is -2.15. The molecule has 1 fully saturated rings. The maximum absolute atomic E-state index is 9.89. The zero-order valence-corrected chi connectivity index (χ0v) is 10.8. The van der Waals surface area contributed by atoms with E-state index in [0.717, 1.165) is 23.5 Å². The normalized spacial score (nSPS) is 16.7. The maximum atomic E-state index is 9.89. The summed E-state index contributed by atoms with van der Waals surface area (Å²) in [5.41, 5.74) is 7.64. The first-order chi connectivity index (χ1) is 7.08. The van der Waals surface area contributed by atoms with Gasteiger partial charge in [-0.3, -0.25) is 0 Å². The molecule has 0 unspecified atom stereocenters. The second-order valence-electron chi connectivity index (χ2n) is 4.45. The highest BCUT2D eigenvalue weighted by atomic mass is 35.5. The van der Waals surface area contributed by atoms with Gasteiger partial charge in [-0.1, -0.05) is 24.4 Å². The number of hydrogen-bond acceptors (Lipinski definition) is 2. The first-order valence-electron chi connectivity index (χ1n) is 5.32. The smallest absolute Gasteiger partial charge is 0.123 e. The van der Waals surface area contributed by atoms with Gasteiger partial charge in [0.05, 0.1) is 0 Å². The lowest BCUT2D eigenvalue weighted by Crippen LogP contribution is -2.11. The van der Waals surface area contributed by atoms with Crippen molar-refractivity contribution in [3.8, 4) is 5.75 Å².